The maximum absolute atomic E-state index is 12.1. The minimum absolute atomic E-state index is 0.313. The van der Waals surface area contributed by atoms with Crippen molar-refractivity contribution in [3.05, 3.63) is 0 Å². The van der Waals surface area contributed by atoms with Crippen molar-refractivity contribution in [3.8, 4) is 0 Å². The van der Waals surface area contributed by atoms with Crippen LogP contribution in [0.3, 0.4) is 0 Å². The third-order valence-corrected chi connectivity index (χ3v) is 4.57. The van der Waals surface area contributed by atoms with Gasteiger partial charge in [0, 0.05) is 24.3 Å². The van der Waals surface area contributed by atoms with E-state index >= 15 is 0 Å². The van der Waals surface area contributed by atoms with Crippen LogP contribution < -0.4 is 0 Å². The van der Waals surface area contributed by atoms with Gasteiger partial charge in [-0.2, -0.15) is 11.8 Å². The molecule has 0 radical (unpaired) electrons. The van der Waals surface area contributed by atoms with Crippen molar-refractivity contribution in [1.82, 2.24) is 4.90 Å². The van der Waals surface area contributed by atoms with Crippen molar-refractivity contribution in [2.45, 2.75) is 44.8 Å². The molecule has 0 bridgehead atoms. The van der Waals surface area contributed by atoms with Gasteiger partial charge in [0.25, 0.3) is 0 Å². The van der Waals surface area contributed by atoms with E-state index in [-0.39, 0.29) is 0 Å². The lowest BCUT2D eigenvalue weighted by Crippen LogP contribution is -2.37. The van der Waals surface area contributed by atoms with Crippen LogP contribution in [-0.4, -0.2) is 35.4 Å². The highest BCUT2D eigenvalue weighted by atomic mass is 32.2. The first kappa shape index (κ1) is 12.9. The van der Waals surface area contributed by atoms with Gasteiger partial charge in [-0.1, -0.05) is 0 Å². The Labute approximate surface area is 97.8 Å². The van der Waals surface area contributed by atoms with E-state index in [1.807, 2.05) is 16.7 Å². The SMILES string of the molecule is CCN(CC)C(=O)C1CCC(SC)CC1. The van der Waals surface area contributed by atoms with E-state index in [0.29, 0.717) is 11.8 Å². The molecule has 0 heterocycles. The zero-order valence-electron chi connectivity index (χ0n) is 10.2. The van der Waals surface area contributed by atoms with Gasteiger partial charge in [0.1, 0.15) is 0 Å². The van der Waals surface area contributed by atoms with Crippen molar-refractivity contribution in [2.24, 2.45) is 5.92 Å². The molecule has 0 aliphatic heterocycles. The Morgan fingerprint density at radius 3 is 2.13 bits per heavy atom. The van der Waals surface area contributed by atoms with Crippen LogP contribution in [0.4, 0.5) is 0 Å². The zero-order valence-corrected chi connectivity index (χ0v) is 11.0. The average molecular weight is 229 g/mol. The van der Waals surface area contributed by atoms with Gasteiger partial charge in [0.15, 0.2) is 0 Å². The van der Waals surface area contributed by atoms with E-state index in [0.717, 1.165) is 31.2 Å². The number of thioether (sulfide) groups is 1. The number of hydrogen-bond donors (Lipinski definition) is 0. The van der Waals surface area contributed by atoms with E-state index in [2.05, 4.69) is 20.1 Å². The highest BCUT2D eigenvalue weighted by Crippen LogP contribution is 2.31. The summed E-state index contributed by atoms with van der Waals surface area (Å²) in [5.74, 6) is 0.702. The Morgan fingerprint density at radius 1 is 1.20 bits per heavy atom. The van der Waals surface area contributed by atoms with Crippen LogP contribution in [0.1, 0.15) is 39.5 Å². The highest BCUT2D eigenvalue weighted by Gasteiger charge is 2.27. The Morgan fingerprint density at radius 2 is 1.73 bits per heavy atom. The predicted molar refractivity (Wildman–Crippen MR) is 67.2 cm³/mol. The Hall–Kier alpha value is -0.180. The fourth-order valence-electron chi connectivity index (χ4n) is 2.34. The molecule has 1 rings (SSSR count). The number of amides is 1. The molecule has 0 aromatic rings. The molecule has 1 aliphatic rings. The molecule has 0 saturated heterocycles. The largest absolute Gasteiger partial charge is 0.343 e. The number of carbonyl (C=O) groups is 1. The lowest BCUT2D eigenvalue weighted by molar-refractivity contribution is -0.136. The summed E-state index contributed by atoms with van der Waals surface area (Å²) in [6.45, 7) is 5.85. The summed E-state index contributed by atoms with van der Waals surface area (Å²) in [6.07, 6.45) is 6.82. The number of hydrogen-bond acceptors (Lipinski definition) is 2. The molecule has 0 spiro atoms. The van der Waals surface area contributed by atoms with Crippen LogP contribution in [-0.2, 0) is 4.79 Å². The second kappa shape index (κ2) is 6.41. The Balaban J connectivity index is 2.42. The van der Waals surface area contributed by atoms with Crippen molar-refractivity contribution in [3.63, 3.8) is 0 Å². The molecular formula is C12H23NOS. The quantitative estimate of drug-likeness (QED) is 0.739. The molecule has 15 heavy (non-hydrogen) atoms. The van der Waals surface area contributed by atoms with E-state index in [4.69, 9.17) is 0 Å². The maximum Gasteiger partial charge on any atom is 0.225 e. The average Bonchev–Trinajstić information content (AvgIpc) is 2.30. The number of nitrogens with zero attached hydrogens (tertiary/aromatic N) is 1. The fourth-order valence-corrected chi connectivity index (χ4v) is 3.08. The topological polar surface area (TPSA) is 20.3 Å². The van der Waals surface area contributed by atoms with E-state index < -0.39 is 0 Å². The van der Waals surface area contributed by atoms with Gasteiger partial charge in [-0.25, -0.2) is 0 Å². The molecular weight excluding hydrogens is 206 g/mol. The van der Waals surface area contributed by atoms with Crippen molar-refractivity contribution in [2.75, 3.05) is 19.3 Å². The second-order valence-electron chi connectivity index (χ2n) is 4.22. The summed E-state index contributed by atoms with van der Waals surface area (Å²) >= 11 is 1.95. The normalized spacial score (nSPS) is 26.3. The van der Waals surface area contributed by atoms with Gasteiger partial charge >= 0.3 is 0 Å². The predicted octanol–water partition coefficient (Wildman–Crippen LogP) is 2.78. The van der Waals surface area contributed by atoms with Gasteiger partial charge < -0.3 is 4.90 Å². The summed E-state index contributed by atoms with van der Waals surface area (Å²) in [4.78, 5) is 14.1. The Kier molecular flexibility index (Phi) is 5.51. The minimum atomic E-state index is 0.313. The first-order valence-electron chi connectivity index (χ1n) is 6.04. The van der Waals surface area contributed by atoms with Crippen LogP contribution in [0.15, 0.2) is 0 Å². The molecule has 2 nitrogen and oxygen atoms in total. The smallest absolute Gasteiger partial charge is 0.225 e. The molecule has 88 valence electrons. The summed E-state index contributed by atoms with van der Waals surface area (Å²) < 4.78 is 0. The standard InChI is InChI=1S/C12H23NOS/c1-4-13(5-2)12(14)10-6-8-11(15-3)9-7-10/h10-11H,4-9H2,1-3H3. The van der Waals surface area contributed by atoms with Crippen LogP contribution in [0, 0.1) is 5.92 Å². The minimum Gasteiger partial charge on any atom is -0.343 e. The van der Waals surface area contributed by atoms with Gasteiger partial charge in [-0.3, -0.25) is 4.79 Å². The molecule has 1 fully saturated rings. The maximum atomic E-state index is 12.1. The Bertz CT molecular complexity index is 196. The lowest BCUT2D eigenvalue weighted by Gasteiger charge is -2.30. The second-order valence-corrected chi connectivity index (χ2v) is 5.36. The molecule has 1 saturated carbocycles. The van der Waals surface area contributed by atoms with Crippen molar-refractivity contribution < 1.29 is 4.79 Å². The summed E-state index contributed by atoms with van der Waals surface area (Å²) in [5, 5.41) is 0.797. The first-order valence-corrected chi connectivity index (χ1v) is 7.33. The van der Waals surface area contributed by atoms with E-state index in [1.165, 1.54) is 12.8 Å². The molecule has 0 aromatic carbocycles. The van der Waals surface area contributed by atoms with E-state index in [9.17, 15) is 4.79 Å². The third kappa shape index (κ3) is 3.40. The van der Waals surface area contributed by atoms with Crippen LogP contribution in [0.25, 0.3) is 0 Å². The van der Waals surface area contributed by atoms with Gasteiger partial charge in [0.2, 0.25) is 5.91 Å². The van der Waals surface area contributed by atoms with E-state index in [1.54, 1.807) is 0 Å². The van der Waals surface area contributed by atoms with Gasteiger partial charge in [-0.15, -0.1) is 0 Å². The first-order chi connectivity index (χ1) is 7.22. The summed E-state index contributed by atoms with van der Waals surface area (Å²) in [6, 6.07) is 0. The fraction of sp³-hybridized carbons (Fsp3) is 0.917. The van der Waals surface area contributed by atoms with Crippen molar-refractivity contribution in [1.29, 1.82) is 0 Å². The summed E-state index contributed by atoms with van der Waals surface area (Å²) in [5.41, 5.74) is 0. The number of carbonyl (C=O) groups excluding carboxylic acids is 1. The molecule has 1 amide bonds. The number of rotatable bonds is 4. The zero-order chi connectivity index (χ0) is 11.3. The van der Waals surface area contributed by atoms with Crippen LogP contribution >= 0.6 is 11.8 Å². The highest BCUT2D eigenvalue weighted by molar-refractivity contribution is 7.99. The molecule has 0 atom stereocenters. The molecule has 0 N–H and O–H groups in total. The molecule has 0 aromatic heterocycles. The van der Waals surface area contributed by atoms with Crippen LogP contribution in [0.2, 0.25) is 0 Å². The third-order valence-electron chi connectivity index (χ3n) is 3.43. The lowest BCUT2D eigenvalue weighted by atomic mass is 9.88. The van der Waals surface area contributed by atoms with Gasteiger partial charge in [0.05, 0.1) is 0 Å². The molecule has 1 aliphatic carbocycles. The monoisotopic (exact) mass is 229 g/mol. The molecule has 0 unspecified atom stereocenters. The van der Waals surface area contributed by atoms with Crippen LogP contribution in [0.5, 0.6) is 0 Å². The van der Waals surface area contributed by atoms with Gasteiger partial charge in [-0.05, 0) is 45.8 Å². The summed E-state index contributed by atoms with van der Waals surface area (Å²) in [7, 11) is 0. The van der Waals surface area contributed by atoms with Crippen molar-refractivity contribution >= 4 is 17.7 Å². The molecule has 3 heteroatoms.